The van der Waals surface area contributed by atoms with Gasteiger partial charge in [-0.05, 0) is 90.9 Å². The van der Waals surface area contributed by atoms with E-state index >= 15 is 0 Å². The van der Waals surface area contributed by atoms with Gasteiger partial charge < -0.3 is 19.7 Å². The number of aryl methyl sites for hydroxylation is 1. The summed E-state index contributed by atoms with van der Waals surface area (Å²) in [5.74, 6) is 0.287. The Morgan fingerprint density at radius 2 is 1.69 bits per heavy atom. The van der Waals surface area contributed by atoms with Crippen LogP contribution < -0.4 is 14.8 Å². The van der Waals surface area contributed by atoms with Crippen LogP contribution in [0, 0.1) is 6.92 Å². The molecule has 7 nitrogen and oxygen atoms in total. The number of amides is 1. The third kappa shape index (κ3) is 5.26. The van der Waals surface area contributed by atoms with Crippen LogP contribution in [-0.2, 0) is 14.4 Å². The van der Waals surface area contributed by atoms with E-state index in [0.29, 0.717) is 34.5 Å². The molecule has 2 aromatic rings. The first-order valence-corrected chi connectivity index (χ1v) is 14.3. The van der Waals surface area contributed by atoms with Crippen LogP contribution in [0.3, 0.4) is 0 Å². The lowest BCUT2D eigenvalue weighted by Gasteiger charge is -2.43. The normalized spacial score (nSPS) is 17.7. The highest BCUT2D eigenvalue weighted by Gasteiger charge is 2.43. The van der Waals surface area contributed by atoms with Gasteiger partial charge in [-0.3, -0.25) is 14.4 Å². The topological polar surface area (TPSA) is 84.9 Å². The van der Waals surface area contributed by atoms with Crippen molar-refractivity contribution in [2.75, 3.05) is 25.6 Å². The van der Waals surface area contributed by atoms with Crippen molar-refractivity contribution in [2.45, 2.75) is 58.3 Å². The number of nitrogens with zero attached hydrogens (tertiary/aromatic N) is 1. The number of carbonyl (C=O) groups is 3. The van der Waals surface area contributed by atoms with E-state index in [2.05, 4.69) is 33.1 Å². The number of hydrogen-bond acceptors (Lipinski definition) is 6. The molecule has 5 rings (SSSR count). The molecule has 3 aliphatic rings. The fourth-order valence-electron chi connectivity index (χ4n) is 6.04. The van der Waals surface area contributed by atoms with E-state index in [1.165, 1.54) is 7.11 Å². The van der Waals surface area contributed by atoms with E-state index in [1.807, 2.05) is 43.3 Å². The number of halogens is 1. The molecule has 2 aliphatic carbocycles. The Hall–Kier alpha value is -3.39. The number of carbonyl (C=O) groups excluding carboxylic acids is 3. The van der Waals surface area contributed by atoms with Crippen LogP contribution in [0.2, 0.25) is 0 Å². The van der Waals surface area contributed by atoms with Gasteiger partial charge in [0.05, 0.1) is 11.6 Å². The number of methoxy groups -OCH3 is 1. The molecule has 8 heteroatoms. The number of ether oxygens (including phenoxy) is 2. The van der Waals surface area contributed by atoms with Crippen LogP contribution in [0.4, 0.5) is 5.69 Å². The summed E-state index contributed by atoms with van der Waals surface area (Å²) < 4.78 is 12.2. The molecule has 0 spiro atoms. The van der Waals surface area contributed by atoms with Crippen LogP contribution in [0.5, 0.6) is 11.5 Å². The zero-order chi connectivity index (χ0) is 27.7. The fourth-order valence-corrected chi connectivity index (χ4v) is 6.61. The van der Waals surface area contributed by atoms with Gasteiger partial charge in [0.2, 0.25) is 0 Å². The number of rotatable bonds is 7. The van der Waals surface area contributed by atoms with Crippen molar-refractivity contribution < 1.29 is 23.9 Å². The maximum absolute atomic E-state index is 13.4. The van der Waals surface area contributed by atoms with Crippen molar-refractivity contribution in [1.82, 2.24) is 4.90 Å². The largest absolute Gasteiger partial charge is 0.493 e. The van der Waals surface area contributed by atoms with Crippen LogP contribution in [0.1, 0.15) is 62.5 Å². The highest BCUT2D eigenvalue weighted by Crippen LogP contribution is 2.51. The second-order valence-electron chi connectivity index (χ2n) is 10.2. The molecular formula is C31H33BrN2O5. The van der Waals surface area contributed by atoms with E-state index in [-0.39, 0.29) is 24.1 Å². The summed E-state index contributed by atoms with van der Waals surface area (Å²) in [5, 5.41) is 2.84. The van der Waals surface area contributed by atoms with Crippen molar-refractivity contribution in [3.63, 3.8) is 0 Å². The highest BCUT2D eigenvalue weighted by atomic mass is 79.9. The van der Waals surface area contributed by atoms with Crippen LogP contribution in [0.25, 0.3) is 0 Å². The molecular weight excluding hydrogens is 560 g/mol. The van der Waals surface area contributed by atoms with E-state index < -0.39 is 5.92 Å². The average Bonchev–Trinajstić information content (AvgIpc) is 2.91. The Morgan fingerprint density at radius 3 is 2.28 bits per heavy atom. The first-order valence-electron chi connectivity index (χ1n) is 13.5. The number of anilines is 1. The lowest BCUT2D eigenvalue weighted by molar-refractivity contribution is -0.118. The minimum Gasteiger partial charge on any atom is -0.493 e. The number of allylic oxidation sites excluding steroid dienone is 4. The van der Waals surface area contributed by atoms with Crippen molar-refractivity contribution in [2.24, 2.45) is 0 Å². The third-order valence-electron chi connectivity index (χ3n) is 7.64. The summed E-state index contributed by atoms with van der Waals surface area (Å²) in [7, 11) is 1.54. The summed E-state index contributed by atoms with van der Waals surface area (Å²) in [5.41, 5.74) is 6.12. The average molecular weight is 594 g/mol. The number of Topliss-reactive ketones (excluding diaryl/α,β-unsaturated/α-hetero) is 2. The summed E-state index contributed by atoms with van der Waals surface area (Å²) >= 11 is 3.61. The monoisotopic (exact) mass is 592 g/mol. The standard InChI is InChI=1S/C31H33BrN2O5/c1-4-34-22-10-6-12-24(35)29(22)28(30-23(34)11-7-13-25(30)36)19-15-21(32)31(26(16-19)38-3)39-17-27(37)33-20-9-5-8-18(2)14-20/h5,8-9,14-16,28H,4,6-7,10-13,17H2,1-3H3,(H,33,37). The number of ketones is 2. The maximum Gasteiger partial charge on any atom is 0.262 e. The van der Waals surface area contributed by atoms with Gasteiger partial charge in [0.1, 0.15) is 0 Å². The fraction of sp³-hybridized carbons (Fsp3) is 0.387. The van der Waals surface area contributed by atoms with Gasteiger partial charge in [-0.25, -0.2) is 0 Å². The van der Waals surface area contributed by atoms with Gasteiger partial charge in [-0.15, -0.1) is 0 Å². The Morgan fingerprint density at radius 1 is 1.03 bits per heavy atom. The Balaban J connectivity index is 1.49. The number of nitrogens with one attached hydrogen (secondary N) is 1. The lowest BCUT2D eigenvalue weighted by Crippen LogP contribution is -2.39. The molecule has 0 atom stereocenters. The van der Waals surface area contributed by atoms with Gasteiger partial charge in [-0.2, -0.15) is 0 Å². The van der Waals surface area contributed by atoms with Crippen LogP contribution >= 0.6 is 15.9 Å². The van der Waals surface area contributed by atoms with Crippen molar-refractivity contribution in [3.8, 4) is 11.5 Å². The molecule has 0 unspecified atom stereocenters. The van der Waals surface area contributed by atoms with Crippen molar-refractivity contribution in [1.29, 1.82) is 0 Å². The molecule has 1 aliphatic heterocycles. The predicted octanol–water partition coefficient (Wildman–Crippen LogP) is 6.22. The van der Waals surface area contributed by atoms with Gasteiger partial charge in [0.25, 0.3) is 5.91 Å². The smallest absolute Gasteiger partial charge is 0.262 e. The second kappa shape index (κ2) is 11.4. The molecule has 1 N–H and O–H groups in total. The molecule has 0 aromatic heterocycles. The first kappa shape index (κ1) is 27.2. The molecule has 1 amide bonds. The Bertz CT molecular complexity index is 1370. The van der Waals surface area contributed by atoms with E-state index in [0.717, 1.165) is 65.9 Å². The maximum atomic E-state index is 13.4. The highest BCUT2D eigenvalue weighted by molar-refractivity contribution is 9.10. The number of hydrogen-bond donors (Lipinski definition) is 1. The third-order valence-corrected chi connectivity index (χ3v) is 8.23. The van der Waals surface area contributed by atoms with Gasteiger partial charge in [-0.1, -0.05) is 12.1 Å². The Kier molecular flexibility index (Phi) is 7.93. The summed E-state index contributed by atoms with van der Waals surface area (Å²) in [6, 6.07) is 11.3. The second-order valence-corrected chi connectivity index (χ2v) is 11.0. The summed E-state index contributed by atoms with van der Waals surface area (Å²) in [4.78, 5) is 41.6. The summed E-state index contributed by atoms with van der Waals surface area (Å²) in [6.07, 6.45) is 4.26. The zero-order valence-corrected chi connectivity index (χ0v) is 24.2. The molecule has 0 bridgehead atoms. The van der Waals surface area contributed by atoms with Crippen LogP contribution in [0.15, 0.2) is 63.4 Å². The zero-order valence-electron chi connectivity index (χ0n) is 22.6. The van der Waals surface area contributed by atoms with Crippen molar-refractivity contribution >= 4 is 39.1 Å². The van der Waals surface area contributed by atoms with Gasteiger partial charge >= 0.3 is 0 Å². The minimum atomic E-state index is -0.442. The minimum absolute atomic E-state index is 0.104. The lowest BCUT2D eigenvalue weighted by atomic mass is 9.71. The molecule has 0 fully saturated rings. The quantitative estimate of drug-likeness (QED) is 0.411. The molecule has 0 saturated heterocycles. The van der Waals surface area contributed by atoms with Crippen molar-refractivity contribution in [3.05, 3.63) is 74.5 Å². The molecule has 2 aromatic carbocycles. The molecule has 0 saturated carbocycles. The number of benzene rings is 2. The first-order chi connectivity index (χ1) is 18.8. The molecule has 1 heterocycles. The van der Waals surface area contributed by atoms with E-state index in [4.69, 9.17) is 9.47 Å². The van der Waals surface area contributed by atoms with E-state index in [9.17, 15) is 14.4 Å². The molecule has 0 radical (unpaired) electrons. The van der Waals surface area contributed by atoms with Gasteiger partial charge in [0.15, 0.2) is 29.7 Å². The summed E-state index contributed by atoms with van der Waals surface area (Å²) in [6.45, 7) is 4.56. The van der Waals surface area contributed by atoms with E-state index in [1.54, 1.807) is 0 Å². The molecule has 204 valence electrons. The molecule has 39 heavy (non-hydrogen) atoms. The van der Waals surface area contributed by atoms with Gasteiger partial charge in [0, 0.05) is 53.5 Å². The predicted molar refractivity (Wildman–Crippen MR) is 153 cm³/mol. The van der Waals surface area contributed by atoms with Crippen LogP contribution in [-0.4, -0.2) is 42.6 Å². The SMILES string of the molecule is CCN1C2=C(C(=O)CCC2)C(c2cc(Br)c(OCC(=O)Nc3cccc(C)c3)c(OC)c2)C2=C1CCCC2=O. The Labute approximate surface area is 237 Å².